The smallest absolute Gasteiger partial charge is 0.349 e. The summed E-state index contributed by atoms with van der Waals surface area (Å²) in [4.78, 5) is 29.2. The van der Waals surface area contributed by atoms with Crippen molar-refractivity contribution in [2.75, 3.05) is 45.3 Å². The Hall–Kier alpha value is -3.48. The van der Waals surface area contributed by atoms with Gasteiger partial charge in [-0.25, -0.2) is 4.79 Å². The van der Waals surface area contributed by atoms with E-state index in [1.807, 2.05) is 24.3 Å². The predicted octanol–water partition coefficient (Wildman–Crippen LogP) is 2.77. The van der Waals surface area contributed by atoms with Gasteiger partial charge in [-0.15, -0.1) is 0 Å². The van der Waals surface area contributed by atoms with Crippen molar-refractivity contribution in [1.82, 2.24) is 4.90 Å². The first-order valence-electron chi connectivity index (χ1n) is 9.40. The van der Waals surface area contributed by atoms with Crippen LogP contribution in [-0.4, -0.2) is 51.2 Å². The normalized spacial score (nSPS) is 14.1. The maximum absolute atomic E-state index is 13.0. The van der Waals surface area contributed by atoms with Gasteiger partial charge in [-0.05, 0) is 36.4 Å². The molecule has 2 aromatic carbocycles. The Morgan fingerprint density at radius 3 is 2.45 bits per heavy atom. The lowest BCUT2D eigenvalue weighted by Crippen LogP contribution is -2.49. The number of hydrogen-bond donors (Lipinski definition) is 0. The Balaban J connectivity index is 1.54. The van der Waals surface area contributed by atoms with Gasteiger partial charge in [0.05, 0.1) is 19.9 Å². The average molecular weight is 394 g/mol. The van der Waals surface area contributed by atoms with Gasteiger partial charge in [0.25, 0.3) is 5.91 Å². The monoisotopic (exact) mass is 394 g/mol. The first-order chi connectivity index (χ1) is 14.1. The highest BCUT2D eigenvalue weighted by Gasteiger charge is 2.26. The lowest BCUT2D eigenvalue weighted by molar-refractivity contribution is 0.0742. The summed E-state index contributed by atoms with van der Waals surface area (Å²) in [5, 5.41) is 0.653. The Labute approximate surface area is 168 Å². The van der Waals surface area contributed by atoms with Crippen LogP contribution in [0.5, 0.6) is 11.5 Å². The molecule has 1 saturated heterocycles. The third-order valence-electron chi connectivity index (χ3n) is 5.16. The van der Waals surface area contributed by atoms with E-state index in [9.17, 15) is 9.59 Å². The number of piperazine rings is 1. The second kappa shape index (κ2) is 7.87. The Kier molecular flexibility index (Phi) is 5.12. The standard InChI is InChI=1S/C22H22N2O5/c1-27-16-7-8-19-15(13-16)14-17(22(26)29-19)21(25)24-11-9-23(10-12-24)18-5-3-4-6-20(18)28-2/h3-8,13-14H,9-12H2,1-2H3. The molecular formula is C22H22N2O5. The van der Waals surface area contributed by atoms with Crippen molar-refractivity contribution in [2.45, 2.75) is 0 Å². The SMILES string of the molecule is COc1ccc2oc(=O)c(C(=O)N3CCN(c4ccccc4OC)CC3)cc2c1. The molecule has 1 aromatic heterocycles. The topological polar surface area (TPSA) is 72.2 Å². The largest absolute Gasteiger partial charge is 0.497 e. The summed E-state index contributed by atoms with van der Waals surface area (Å²) in [6.45, 7) is 2.32. The highest BCUT2D eigenvalue weighted by Crippen LogP contribution is 2.28. The molecule has 1 aliphatic rings. The van der Waals surface area contributed by atoms with Crippen LogP contribution >= 0.6 is 0 Å². The number of rotatable bonds is 4. The van der Waals surface area contributed by atoms with E-state index >= 15 is 0 Å². The summed E-state index contributed by atoms with van der Waals surface area (Å²) >= 11 is 0. The Morgan fingerprint density at radius 1 is 0.966 bits per heavy atom. The van der Waals surface area contributed by atoms with Crippen molar-refractivity contribution in [3.8, 4) is 11.5 Å². The molecule has 0 spiro atoms. The molecule has 4 rings (SSSR count). The number of benzene rings is 2. The Bertz CT molecular complexity index is 1100. The molecule has 0 aliphatic carbocycles. The number of carbonyl (C=O) groups excluding carboxylic acids is 1. The number of ether oxygens (including phenoxy) is 2. The molecule has 3 aromatic rings. The van der Waals surface area contributed by atoms with Gasteiger partial charge in [-0.2, -0.15) is 0 Å². The third-order valence-corrected chi connectivity index (χ3v) is 5.16. The van der Waals surface area contributed by atoms with Crippen LogP contribution in [0.3, 0.4) is 0 Å². The zero-order valence-electron chi connectivity index (χ0n) is 16.4. The van der Waals surface area contributed by atoms with E-state index in [4.69, 9.17) is 13.9 Å². The lowest BCUT2D eigenvalue weighted by atomic mass is 10.1. The second-order valence-electron chi connectivity index (χ2n) is 6.80. The highest BCUT2D eigenvalue weighted by atomic mass is 16.5. The molecule has 2 heterocycles. The molecule has 150 valence electrons. The second-order valence-corrected chi connectivity index (χ2v) is 6.80. The number of fused-ring (bicyclic) bond motifs is 1. The molecule has 7 heteroatoms. The van der Waals surface area contributed by atoms with Gasteiger partial charge in [-0.1, -0.05) is 12.1 Å². The van der Waals surface area contributed by atoms with Crippen LogP contribution in [0, 0.1) is 0 Å². The summed E-state index contributed by atoms with van der Waals surface area (Å²) in [6, 6.07) is 14.5. The molecule has 1 fully saturated rings. The molecule has 0 radical (unpaired) electrons. The van der Waals surface area contributed by atoms with Crippen molar-refractivity contribution >= 4 is 22.6 Å². The van der Waals surface area contributed by atoms with Crippen molar-refractivity contribution < 1.29 is 18.7 Å². The van der Waals surface area contributed by atoms with E-state index in [2.05, 4.69) is 4.90 Å². The highest BCUT2D eigenvalue weighted by molar-refractivity contribution is 5.97. The van der Waals surface area contributed by atoms with Crippen LogP contribution in [0.1, 0.15) is 10.4 Å². The predicted molar refractivity (Wildman–Crippen MR) is 110 cm³/mol. The fraction of sp³-hybridized carbons (Fsp3) is 0.273. The zero-order chi connectivity index (χ0) is 20.4. The van der Waals surface area contributed by atoms with E-state index in [1.165, 1.54) is 0 Å². The molecule has 1 aliphatic heterocycles. The van der Waals surface area contributed by atoms with E-state index in [-0.39, 0.29) is 11.5 Å². The molecule has 0 unspecified atom stereocenters. The van der Waals surface area contributed by atoms with Crippen LogP contribution in [0.15, 0.2) is 57.7 Å². The summed E-state index contributed by atoms with van der Waals surface area (Å²) in [6.07, 6.45) is 0. The quantitative estimate of drug-likeness (QED) is 0.634. The van der Waals surface area contributed by atoms with Crippen LogP contribution < -0.4 is 20.0 Å². The average Bonchev–Trinajstić information content (AvgIpc) is 2.78. The van der Waals surface area contributed by atoms with Gasteiger partial charge in [-0.3, -0.25) is 4.79 Å². The zero-order valence-corrected chi connectivity index (χ0v) is 16.4. The molecule has 0 atom stereocenters. The first kappa shape index (κ1) is 18.9. The fourth-order valence-electron chi connectivity index (χ4n) is 3.59. The Morgan fingerprint density at radius 2 is 1.72 bits per heavy atom. The van der Waals surface area contributed by atoms with Gasteiger partial charge in [0.2, 0.25) is 0 Å². The minimum Gasteiger partial charge on any atom is -0.497 e. The molecule has 29 heavy (non-hydrogen) atoms. The first-order valence-corrected chi connectivity index (χ1v) is 9.40. The van der Waals surface area contributed by atoms with Crippen molar-refractivity contribution in [3.05, 3.63) is 64.5 Å². The summed E-state index contributed by atoms with van der Waals surface area (Å²) in [7, 11) is 3.21. The van der Waals surface area contributed by atoms with Crippen molar-refractivity contribution in [1.29, 1.82) is 0 Å². The lowest BCUT2D eigenvalue weighted by Gasteiger charge is -2.36. The summed E-state index contributed by atoms with van der Waals surface area (Å²) in [5.74, 6) is 1.12. The summed E-state index contributed by atoms with van der Waals surface area (Å²) < 4.78 is 16.0. The number of amides is 1. The molecular weight excluding hydrogens is 372 g/mol. The van der Waals surface area contributed by atoms with E-state index in [0.717, 1.165) is 11.4 Å². The molecule has 0 N–H and O–H groups in total. The minimum atomic E-state index is -0.625. The number of anilines is 1. The van der Waals surface area contributed by atoms with Crippen LogP contribution in [0.25, 0.3) is 11.0 Å². The number of nitrogens with zero attached hydrogens (tertiary/aromatic N) is 2. The van der Waals surface area contributed by atoms with E-state index in [1.54, 1.807) is 43.4 Å². The molecule has 1 amide bonds. The maximum Gasteiger partial charge on any atom is 0.349 e. The van der Waals surface area contributed by atoms with Crippen LogP contribution in [-0.2, 0) is 0 Å². The van der Waals surface area contributed by atoms with Crippen LogP contribution in [0.4, 0.5) is 5.69 Å². The van der Waals surface area contributed by atoms with E-state index < -0.39 is 5.63 Å². The van der Waals surface area contributed by atoms with Gasteiger partial charge >= 0.3 is 5.63 Å². The third kappa shape index (κ3) is 3.63. The maximum atomic E-state index is 13.0. The van der Waals surface area contributed by atoms with Crippen molar-refractivity contribution in [2.24, 2.45) is 0 Å². The molecule has 0 bridgehead atoms. The number of hydrogen-bond acceptors (Lipinski definition) is 6. The fourth-order valence-corrected chi connectivity index (χ4v) is 3.59. The molecule has 0 saturated carbocycles. The molecule has 7 nitrogen and oxygen atoms in total. The minimum absolute atomic E-state index is 0.0384. The van der Waals surface area contributed by atoms with Crippen molar-refractivity contribution in [3.63, 3.8) is 0 Å². The summed E-state index contributed by atoms with van der Waals surface area (Å²) in [5.41, 5.74) is 0.837. The van der Waals surface area contributed by atoms with E-state index in [0.29, 0.717) is 42.9 Å². The van der Waals surface area contributed by atoms with Gasteiger partial charge in [0, 0.05) is 31.6 Å². The van der Waals surface area contributed by atoms with Crippen LogP contribution in [0.2, 0.25) is 0 Å². The van der Waals surface area contributed by atoms with Gasteiger partial charge in [0.1, 0.15) is 22.6 Å². The number of methoxy groups -OCH3 is 2. The van der Waals surface area contributed by atoms with Gasteiger partial charge in [0.15, 0.2) is 0 Å². The number of para-hydroxylation sites is 2. The number of carbonyl (C=O) groups is 1. The van der Waals surface area contributed by atoms with Gasteiger partial charge < -0.3 is 23.7 Å².